The van der Waals surface area contributed by atoms with E-state index in [-0.39, 0.29) is 23.0 Å². The van der Waals surface area contributed by atoms with Crippen molar-refractivity contribution in [2.24, 2.45) is 10.9 Å². The molecule has 2 aliphatic carbocycles. The molecule has 5 heteroatoms. The summed E-state index contributed by atoms with van der Waals surface area (Å²) < 4.78 is 0. The number of rotatable bonds is 2. The smallest absolute Gasteiger partial charge is 0.148 e. The fourth-order valence-electron chi connectivity index (χ4n) is 2.30. The quantitative estimate of drug-likeness (QED) is 0.445. The number of carbonyl (C=O) groups excluding carboxylic acids is 2. The van der Waals surface area contributed by atoms with Gasteiger partial charge in [0.2, 0.25) is 0 Å². The average Bonchev–Trinajstić information content (AvgIpc) is 2.27. The summed E-state index contributed by atoms with van der Waals surface area (Å²) in [5.74, 6) is -0.701. The van der Waals surface area contributed by atoms with E-state index in [1.165, 1.54) is 6.21 Å². The molecule has 2 aliphatic rings. The number of hydrogen-bond acceptors (Lipinski definition) is 3. The number of allylic oxidation sites excluding steroid dienone is 1. The summed E-state index contributed by atoms with van der Waals surface area (Å²) in [6.07, 6.45) is 6.31. The van der Waals surface area contributed by atoms with Gasteiger partial charge in [-0.25, -0.2) is 0 Å². The minimum Gasteiger partial charge on any atom is -0.298 e. The number of halogens is 2. The van der Waals surface area contributed by atoms with E-state index in [1.807, 2.05) is 6.08 Å². The van der Waals surface area contributed by atoms with E-state index < -0.39 is 5.92 Å². The molecule has 1 saturated carbocycles. The van der Waals surface area contributed by atoms with Crippen molar-refractivity contribution in [3.05, 3.63) is 11.1 Å². The molecule has 0 bridgehead atoms. The Balaban J connectivity index is 2.03. The number of hydrogen-bond donors (Lipinski definition) is 0. The van der Waals surface area contributed by atoms with Gasteiger partial charge in [0.1, 0.15) is 17.5 Å². The number of alkyl halides is 1. The van der Waals surface area contributed by atoms with Gasteiger partial charge in [0.15, 0.2) is 0 Å². The number of aliphatic imine (C=N–C) groups is 1. The molecule has 18 heavy (non-hydrogen) atoms. The third-order valence-corrected chi connectivity index (χ3v) is 3.87. The molecule has 1 fully saturated rings. The van der Waals surface area contributed by atoms with Crippen LogP contribution in [0.15, 0.2) is 16.1 Å². The Morgan fingerprint density at radius 1 is 1.28 bits per heavy atom. The normalized spacial score (nSPS) is 30.9. The van der Waals surface area contributed by atoms with Crippen molar-refractivity contribution in [2.75, 3.05) is 0 Å². The molecule has 0 aromatic carbocycles. The van der Waals surface area contributed by atoms with Crippen molar-refractivity contribution in [3.8, 4) is 0 Å². The van der Waals surface area contributed by atoms with Crippen LogP contribution in [0.3, 0.4) is 0 Å². The van der Waals surface area contributed by atoms with E-state index >= 15 is 0 Å². The largest absolute Gasteiger partial charge is 0.298 e. The fraction of sp³-hybridized carbons (Fsp3) is 0.615. The standard InChI is InChI=1S/C13H15Cl2NO2/c14-8-4-9(15)6-10(5-8)16-7-11-12(17)2-1-3-13(11)18/h5,7,9-11H,1-4,6H2. The summed E-state index contributed by atoms with van der Waals surface area (Å²) in [7, 11) is 0. The van der Waals surface area contributed by atoms with Crippen molar-refractivity contribution in [1.82, 2.24) is 0 Å². The van der Waals surface area contributed by atoms with E-state index in [1.54, 1.807) is 0 Å². The maximum atomic E-state index is 11.6. The zero-order valence-corrected chi connectivity index (χ0v) is 11.5. The van der Waals surface area contributed by atoms with Crippen LogP contribution >= 0.6 is 23.2 Å². The van der Waals surface area contributed by atoms with Gasteiger partial charge in [-0.15, -0.1) is 11.6 Å². The van der Waals surface area contributed by atoms with Crippen LogP contribution < -0.4 is 0 Å². The highest BCUT2D eigenvalue weighted by atomic mass is 35.5. The van der Waals surface area contributed by atoms with E-state index in [0.29, 0.717) is 37.1 Å². The summed E-state index contributed by atoms with van der Waals surface area (Å²) in [5, 5.41) is 0.673. The zero-order valence-electron chi connectivity index (χ0n) is 9.94. The molecule has 0 radical (unpaired) electrons. The fourth-order valence-corrected chi connectivity index (χ4v) is 3.06. The Labute approximate surface area is 116 Å². The SMILES string of the molecule is O=C1CCCC(=O)C1C=NC1C=C(Cl)CC(Cl)C1. The predicted octanol–water partition coefficient (Wildman–Crippen LogP) is 2.89. The Kier molecular flexibility index (Phi) is 4.57. The summed E-state index contributed by atoms with van der Waals surface area (Å²) in [5.41, 5.74) is 0. The van der Waals surface area contributed by atoms with Crippen LogP contribution in [0.4, 0.5) is 0 Å². The molecule has 3 nitrogen and oxygen atoms in total. The van der Waals surface area contributed by atoms with Crippen LogP contribution in [-0.4, -0.2) is 29.2 Å². The molecule has 0 heterocycles. The highest BCUT2D eigenvalue weighted by Gasteiger charge is 2.28. The third-order valence-electron chi connectivity index (χ3n) is 3.25. The Morgan fingerprint density at radius 3 is 2.56 bits per heavy atom. The number of nitrogens with zero attached hydrogens (tertiary/aromatic N) is 1. The van der Waals surface area contributed by atoms with E-state index in [0.717, 1.165) is 0 Å². The molecular formula is C13H15Cl2NO2. The van der Waals surface area contributed by atoms with Crippen molar-refractivity contribution in [2.45, 2.75) is 43.5 Å². The van der Waals surface area contributed by atoms with Crippen LogP contribution in [0.5, 0.6) is 0 Å². The average molecular weight is 288 g/mol. The van der Waals surface area contributed by atoms with Crippen LogP contribution in [0, 0.1) is 5.92 Å². The summed E-state index contributed by atoms with van der Waals surface area (Å²) in [6, 6.07) is -0.115. The van der Waals surface area contributed by atoms with Crippen LogP contribution in [-0.2, 0) is 9.59 Å². The minimum absolute atomic E-state index is 0.0247. The zero-order chi connectivity index (χ0) is 13.1. The highest BCUT2D eigenvalue weighted by molar-refractivity contribution is 6.31. The van der Waals surface area contributed by atoms with Crippen molar-refractivity contribution >= 4 is 41.0 Å². The highest BCUT2D eigenvalue weighted by Crippen LogP contribution is 2.27. The summed E-state index contributed by atoms with van der Waals surface area (Å²) >= 11 is 12.0. The van der Waals surface area contributed by atoms with Gasteiger partial charge in [-0.05, 0) is 25.3 Å². The lowest BCUT2D eigenvalue weighted by Crippen LogP contribution is -2.30. The van der Waals surface area contributed by atoms with Gasteiger partial charge in [-0.2, -0.15) is 0 Å². The van der Waals surface area contributed by atoms with E-state index in [2.05, 4.69) is 4.99 Å². The lowest BCUT2D eigenvalue weighted by molar-refractivity contribution is -0.132. The molecule has 98 valence electrons. The van der Waals surface area contributed by atoms with Crippen molar-refractivity contribution < 1.29 is 9.59 Å². The number of carbonyl (C=O) groups is 2. The number of ketones is 2. The second-order valence-corrected chi connectivity index (χ2v) is 5.88. The van der Waals surface area contributed by atoms with Crippen molar-refractivity contribution in [1.29, 1.82) is 0 Å². The van der Waals surface area contributed by atoms with Gasteiger partial charge >= 0.3 is 0 Å². The second kappa shape index (κ2) is 5.98. The number of Topliss-reactive ketones (excluding diaryl/α,β-unsaturated/α-hetero) is 2. The Morgan fingerprint density at radius 2 is 1.94 bits per heavy atom. The molecule has 2 rings (SSSR count). The van der Waals surface area contributed by atoms with Gasteiger partial charge in [-0.3, -0.25) is 14.6 Å². The minimum atomic E-state index is -0.651. The summed E-state index contributed by atoms with van der Waals surface area (Å²) in [6.45, 7) is 0. The van der Waals surface area contributed by atoms with Gasteiger partial charge in [0.05, 0.1) is 6.04 Å². The summed E-state index contributed by atoms with van der Waals surface area (Å²) in [4.78, 5) is 27.5. The molecule has 0 aromatic heterocycles. The van der Waals surface area contributed by atoms with Gasteiger partial charge in [0, 0.05) is 29.5 Å². The lowest BCUT2D eigenvalue weighted by atomic mass is 9.87. The predicted molar refractivity (Wildman–Crippen MR) is 72.4 cm³/mol. The maximum Gasteiger partial charge on any atom is 0.148 e. The molecule has 0 saturated heterocycles. The van der Waals surface area contributed by atoms with E-state index in [9.17, 15) is 9.59 Å². The Bertz CT molecular complexity index is 401. The van der Waals surface area contributed by atoms with Crippen LogP contribution in [0.25, 0.3) is 0 Å². The first-order valence-electron chi connectivity index (χ1n) is 6.15. The molecule has 0 spiro atoms. The molecule has 0 N–H and O–H groups in total. The first-order chi connectivity index (χ1) is 8.56. The van der Waals surface area contributed by atoms with Gasteiger partial charge < -0.3 is 0 Å². The molecule has 0 amide bonds. The molecular weight excluding hydrogens is 273 g/mol. The monoisotopic (exact) mass is 287 g/mol. The Hall–Kier alpha value is -0.670. The molecule has 2 unspecified atom stereocenters. The topological polar surface area (TPSA) is 46.5 Å². The van der Waals surface area contributed by atoms with Crippen molar-refractivity contribution in [3.63, 3.8) is 0 Å². The molecule has 2 atom stereocenters. The third kappa shape index (κ3) is 3.42. The van der Waals surface area contributed by atoms with E-state index in [4.69, 9.17) is 23.2 Å². The van der Waals surface area contributed by atoms with Crippen LogP contribution in [0.1, 0.15) is 32.1 Å². The van der Waals surface area contributed by atoms with Crippen LogP contribution in [0.2, 0.25) is 0 Å². The second-order valence-electron chi connectivity index (χ2n) is 4.78. The maximum absolute atomic E-state index is 11.6. The molecule has 0 aromatic rings. The first kappa shape index (κ1) is 13.8. The molecule has 0 aliphatic heterocycles. The first-order valence-corrected chi connectivity index (χ1v) is 6.96. The lowest BCUT2D eigenvalue weighted by Gasteiger charge is -2.20. The van der Waals surface area contributed by atoms with Gasteiger partial charge in [0.25, 0.3) is 0 Å². The van der Waals surface area contributed by atoms with Gasteiger partial charge in [-0.1, -0.05) is 11.6 Å².